The first-order valence-electron chi connectivity index (χ1n) is 5.76. The topological polar surface area (TPSA) is 17.1 Å². The van der Waals surface area contributed by atoms with Gasteiger partial charge in [0.15, 0.2) is 5.78 Å². The van der Waals surface area contributed by atoms with Crippen LogP contribution in [0.25, 0.3) is 0 Å². The molecule has 1 aromatic carbocycles. The molecule has 1 nitrogen and oxygen atoms in total. The number of fused-ring (bicyclic) bond motifs is 2. The van der Waals surface area contributed by atoms with Crippen molar-refractivity contribution in [3.63, 3.8) is 0 Å². The molecule has 1 aromatic rings. The predicted octanol–water partition coefficient (Wildman–Crippen LogP) is 3.39. The maximum absolute atomic E-state index is 12.4. The molecule has 2 aliphatic rings. The van der Waals surface area contributed by atoms with E-state index in [9.17, 15) is 4.79 Å². The molecule has 1 heteroatoms. The molecule has 2 unspecified atom stereocenters. The summed E-state index contributed by atoms with van der Waals surface area (Å²) in [4.78, 5) is 12.4. The summed E-state index contributed by atoms with van der Waals surface area (Å²) in [6.45, 7) is 2.10. The van der Waals surface area contributed by atoms with E-state index >= 15 is 0 Å². The van der Waals surface area contributed by atoms with Gasteiger partial charge in [-0.05, 0) is 19.3 Å². The van der Waals surface area contributed by atoms with Crippen molar-refractivity contribution < 1.29 is 4.79 Å². The minimum atomic E-state index is 0.218. The van der Waals surface area contributed by atoms with Crippen LogP contribution in [0.3, 0.4) is 0 Å². The van der Waals surface area contributed by atoms with Crippen molar-refractivity contribution in [1.29, 1.82) is 0 Å². The molecule has 0 N–H and O–H groups in total. The Morgan fingerprint density at radius 1 is 1.12 bits per heavy atom. The maximum Gasteiger partial charge on any atom is 0.189 e. The van der Waals surface area contributed by atoms with E-state index < -0.39 is 0 Å². The van der Waals surface area contributed by atoms with E-state index in [1.807, 2.05) is 30.3 Å². The minimum absolute atomic E-state index is 0.218. The van der Waals surface area contributed by atoms with Crippen LogP contribution in [0.5, 0.6) is 0 Å². The molecule has 0 aromatic heterocycles. The number of allylic oxidation sites excluding steroid dienone is 4. The van der Waals surface area contributed by atoms with Crippen LogP contribution in [0.15, 0.2) is 53.6 Å². The van der Waals surface area contributed by atoms with Crippen LogP contribution in [-0.4, -0.2) is 5.78 Å². The number of benzene rings is 1. The van der Waals surface area contributed by atoms with Crippen LogP contribution in [0.2, 0.25) is 0 Å². The van der Waals surface area contributed by atoms with E-state index in [-0.39, 0.29) is 5.78 Å². The molecule has 80 valence electrons. The Kier molecular flexibility index (Phi) is 2.06. The first-order valence-corrected chi connectivity index (χ1v) is 5.76. The zero-order valence-electron chi connectivity index (χ0n) is 9.31. The third-order valence-electron chi connectivity index (χ3n) is 3.72. The van der Waals surface area contributed by atoms with Crippen molar-refractivity contribution in [3.8, 4) is 0 Å². The number of ketones is 1. The molecule has 0 amide bonds. The van der Waals surface area contributed by atoms with Gasteiger partial charge in [-0.15, -0.1) is 0 Å². The number of hydrogen-bond donors (Lipinski definition) is 0. The standard InChI is InChI=1S/C15H14O/c1-10-12-7-8-13(9-12)14(10)15(16)11-5-3-2-4-6-11/h2-8,12-13H,9H2,1H3. The van der Waals surface area contributed by atoms with Gasteiger partial charge in [0.2, 0.25) is 0 Å². The van der Waals surface area contributed by atoms with Crippen LogP contribution in [0.4, 0.5) is 0 Å². The second-order valence-electron chi connectivity index (χ2n) is 4.63. The molecule has 2 bridgehead atoms. The van der Waals surface area contributed by atoms with Crippen LogP contribution < -0.4 is 0 Å². The lowest BCUT2D eigenvalue weighted by Gasteiger charge is -2.12. The van der Waals surface area contributed by atoms with Crippen molar-refractivity contribution in [2.24, 2.45) is 11.8 Å². The molecule has 3 rings (SSSR count). The average molecular weight is 210 g/mol. The largest absolute Gasteiger partial charge is 0.289 e. The molecule has 0 radical (unpaired) electrons. The molecule has 0 aliphatic heterocycles. The average Bonchev–Trinajstić information content (AvgIpc) is 2.90. The quantitative estimate of drug-likeness (QED) is 0.540. The van der Waals surface area contributed by atoms with Crippen LogP contribution in [-0.2, 0) is 0 Å². The minimum Gasteiger partial charge on any atom is -0.289 e. The normalized spacial score (nSPS) is 26.6. The van der Waals surface area contributed by atoms with Gasteiger partial charge in [-0.1, -0.05) is 48.1 Å². The second-order valence-corrected chi connectivity index (χ2v) is 4.63. The highest BCUT2D eigenvalue weighted by molar-refractivity contribution is 6.10. The zero-order chi connectivity index (χ0) is 11.1. The molecule has 2 atom stereocenters. The lowest BCUT2D eigenvalue weighted by Crippen LogP contribution is -2.10. The number of hydrogen-bond acceptors (Lipinski definition) is 1. The number of carbonyl (C=O) groups is 1. The summed E-state index contributed by atoms with van der Waals surface area (Å²) in [7, 11) is 0. The summed E-state index contributed by atoms with van der Waals surface area (Å²) >= 11 is 0. The van der Waals surface area contributed by atoms with Gasteiger partial charge >= 0.3 is 0 Å². The molecule has 16 heavy (non-hydrogen) atoms. The first kappa shape index (κ1) is 9.59. The third kappa shape index (κ3) is 1.28. The van der Waals surface area contributed by atoms with Gasteiger partial charge in [0.25, 0.3) is 0 Å². The van der Waals surface area contributed by atoms with Gasteiger partial charge < -0.3 is 0 Å². The summed E-state index contributed by atoms with van der Waals surface area (Å²) in [6, 6.07) is 9.59. The lowest BCUT2D eigenvalue weighted by molar-refractivity contribution is 0.102. The lowest BCUT2D eigenvalue weighted by atomic mass is 9.91. The van der Waals surface area contributed by atoms with Crippen LogP contribution in [0, 0.1) is 11.8 Å². The fraction of sp³-hybridized carbons (Fsp3) is 0.267. The monoisotopic (exact) mass is 210 g/mol. The van der Waals surface area contributed by atoms with Crippen LogP contribution >= 0.6 is 0 Å². The second kappa shape index (κ2) is 3.44. The molecular formula is C15H14O. The van der Waals surface area contributed by atoms with E-state index in [0.29, 0.717) is 11.8 Å². The van der Waals surface area contributed by atoms with Crippen molar-refractivity contribution in [2.45, 2.75) is 13.3 Å². The summed E-state index contributed by atoms with van der Waals surface area (Å²) in [5.74, 6) is 1.11. The van der Waals surface area contributed by atoms with Crippen molar-refractivity contribution in [2.75, 3.05) is 0 Å². The first-order chi connectivity index (χ1) is 7.77. The Morgan fingerprint density at radius 3 is 2.44 bits per heavy atom. The Hall–Kier alpha value is -1.63. The maximum atomic E-state index is 12.4. The SMILES string of the molecule is CC1=C(C(=O)c2ccccc2)C2C=CC1C2. The summed E-state index contributed by atoms with van der Waals surface area (Å²) < 4.78 is 0. The molecule has 0 heterocycles. The fourth-order valence-corrected chi connectivity index (χ4v) is 2.82. The van der Waals surface area contributed by atoms with Gasteiger partial charge in [0.05, 0.1) is 0 Å². The van der Waals surface area contributed by atoms with Gasteiger partial charge in [0.1, 0.15) is 0 Å². The van der Waals surface area contributed by atoms with E-state index in [4.69, 9.17) is 0 Å². The van der Waals surface area contributed by atoms with E-state index in [1.165, 1.54) is 5.57 Å². The van der Waals surface area contributed by atoms with Gasteiger partial charge in [-0.25, -0.2) is 0 Å². The zero-order valence-corrected chi connectivity index (χ0v) is 9.31. The predicted molar refractivity (Wildman–Crippen MR) is 64.2 cm³/mol. The molecule has 0 fully saturated rings. The number of Topliss-reactive ketones (excluding diaryl/α,β-unsaturated/α-hetero) is 1. The summed E-state index contributed by atoms with van der Waals surface area (Å²) in [5.41, 5.74) is 3.14. The molecule has 0 spiro atoms. The fourth-order valence-electron chi connectivity index (χ4n) is 2.82. The summed E-state index contributed by atoms with van der Waals surface area (Å²) in [6.07, 6.45) is 5.54. The third-order valence-corrected chi connectivity index (χ3v) is 3.72. The van der Waals surface area contributed by atoms with Crippen LogP contribution in [0.1, 0.15) is 23.7 Å². The highest BCUT2D eigenvalue weighted by Crippen LogP contribution is 2.44. The van der Waals surface area contributed by atoms with Crippen molar-refractivity contribution in [1.82, 2.24) is 0 Å². The Bertz CT molecular complexity index is 493. The Labute approximate surface area is 95.5 Å². The van der Waals surface area contributed by atoms with E-state index in [0.717, 1.165) is 17.6 Å². The number of rotatable bonds is 2. The highest BCUT2D eigenvalue weighted by atomic mass is 16.1. The molecule has 2 aliphatic carbocycles. The summed E-state index contributed by atoms with van der Waals surface area (Å²) in [5, 5.41) is 0. The molecule has 0 saturated heterocycles. The van der Waals surface area contributed by atoms with Gasteiger partial charge in [-0.2, -0.15) is 0 Å². The van der Waals surface area contributed by atoms with Gasteiger partial charge in [0, 0.05) is 17.1 Å². The van der Waals surface area contributed by atoms with Crippen molar-refractivity contribution >= 4 is 5.78 Å². The van der Waals surface area contributed by atoms with Gasteiger partial charge in [-0.3, -0.25) is 4.79 Å². The van der Waals surface area contributed by atoms with Crippen molar-refractivity contribution in [3.05, 3.63) is 59.2 Å². The smallest absolute Gasteiger partial charge is 0.189 e. The molecular weight excluding hydrogens is 196 g/mol. The molecule has 0 saturated carbocycles. The highest BCUT2D eigenvalue weighted by Gasteiger charge is 2.36. The van der Waals surface area contributed by atoms with E-state index in [1.54, 1.807) is 0 Å². The Morgan fingerprint density at radius 2 is 1.81 bits per heavy atom. The van der Waals surface area contributed by atoms with E-state index in [2.05, 4.69) is 19.1 Å². The Balaban J connectivity index is 1.99. The number of carbonyl (C=O) groups excluding carboxylic acids is 1.